The molecule has 0 aromatic rings. The average Bonchev–Trinajstić information content (AvgIpc) is 2.85. The lowest BCUT2D eigenvalue weighted by molar-refractivity contribution is -0.153. The number of thioether (sulfide) groups is 2. The molecule has 8 heteroatoms. The Kier molecular flexibility index (Phi) is 4.40. The van der Waals surface area contributed by atoms with Crippen LogP contribution in [-0.2, 0) is 14.3 Å². The van der Waals surface area contributed by atoms with Gasteiger partial charge in [-0.15, -0.1) is 23.5 Å². The molecule has 18 heavy (non-hydrogen) atoms. The van der Waals surface area contributed by atoms with Crippen LogP contribution in [0.1, 0.15) is 6.92 Å². The predicted octanol–water partition coefficient (Wildman–Crippen LogP) is 0.750. The molecule has 0 aromatic carbocycles. The number of nitrogens with zero attached hydrogens (tertiary/aromatic N) is 1. The predicted molar refractivity (Wildman–Crippen MR) is 75.2 cm³/mol. The number of rotatable bonds is 4. The normalized spacial score (nSPS) is 35.4. The molecule has 0 radical (unpaired) electrons. The van der Waals surface area contributed by atoms with E-state index >= 15 is 0 Å². The quantitative estimate of drug-likeness (QED) is 0.587. The lowest BCUT2D eigenvalue weighted by Crippen LogP contribution is -2.54. The highest BCUT2D eigenvalue weighted by molar-refractivity contribution is 8.06. The number of carbonyl (C=O) groups excluding carboxylic acids is 1. The summed E-state index contributed by atoms with van der Waals surface area (Å²) in [6, 6.07) is -0.633. The topological polar surface area (TPSA) is 66.8 Å². The second-order valence-corrected chi connectivity index (χ2v) is 6.85. The third kappa shape index (κ3) is 2.13. The molecule has 3 atom stereocenters. The van der Waals surface area contributed by atoms with Crippen LogP contribution in [0.5, 0.6) is 0 Å². The van der Waals surface area contributed by atoms with Crippen molar-refractivity contribution in [1.82, 2.24) is 4.90 Å². The van der Waals surface area contributed by atoms with Crippen molar-refractivity contribution in [2.45, 2.75) is 23.2 Å². The summed E-state index contributed by atoms with van der Waals surface area (Å²) in [5, 5.41) is 9.21. The second-order valence-electron chi connectivity index (χ2n) is 4.03. The summed E-state index contributed by atoms with van der Waals surface area (Å²) in [7, 11) is 0. The van der Waals surface area contributed by atoms with Gasteiger partial charge in [0.15, 0.2) is 4.87 Å². The Morgan fingerprint density at radius 2 is 2.33 bits per heavy atom. The molecule has 0 spiro atoms. The molecule has 0 amide bonds. The van der Waals surface area contributed by atoms with Crippen LogP contribution in [0.25, 0.3) is 0 Å². The van der Waals surface area contributed by atoms with E-state index in [9.17, 15) is 14.7 Å². The van der Waals surface area contributed by atoms with E-state index in [-0.39, 0.29) is 11.3 Å². The Morgan fingerprint density at radius 1 is 1.61 bits per heavy atom. The minimum absolute atomic E-state index is 0.0474. The Hall–Kier alpha value is -0.0500. The molecule has 0 saturated carbocycles. The highest BCUT2D eigenvalue weighted by Gasteiger charge is 2.61. The van der Waals surface area contributed by atoms with Crippen LogP contribution in [0.4, 0.5) is 0 Å². The summed E-state index contributed by atoms with van der Waals surface area (Å²) < 4.78 is 5.12. The number of carbonyl (C=O) groups is 2. The Morgan fingerprint density at radius 3 is 2.89 bits per heavy atom. The molecular weight excluding hydrogens is 294 g/mol. The molecule has 5 nitrogen and oxygen atoms in total. The first-order valence-corrected chi connectivity index (χ1v) is 8.28. The standard InChI is InChI=1S/C10H15NO4S3/c1-2-15-9(14)10-5-17-7(3-16)11(10)6(4-18-10)8(12)13/h6-7,16H,2-5H2,1H3,(H,12,13)/t6-,7+,10+/m0/s1. The first kappa shape index (κ1) is 14.4. The van der Waals surface area contributed by atoms with E-state index in [1.807, 2.05) is 0 Å². The third-order valence-electron chi connectivity index (χ3n) is 3.05. The zero-order chi connectivity index (χ0) is 13.3. The average molecular weight is 309 g/mol. The van der Waals surface area contributed by atoms with Gasteiger partial charge in [-0.3, -0.25) is 9.69 Å². The van der Waals surface area contributed by atoms with Crippen LogP contribution in [-0.4, -0.2) is 62.1 Å². The number of aliphatic carboxylic acids is 1. The third-order valence-corrected chi connectivity index (χ3v) is 6.67. The van der Waals surface area contributed by atoms with Gasteiger partial charge >= 0.3 is 11.9 Å². The summed E-state index contributed by atoms with van der Waals surface area (Å²) in [6.07, 6.45) is 0. The summed E-state index contributed by atoms with van der Waals surface area (Å²) >= 11 is 7.20. The number of ether oxygens (including phenoxy) is 1. The van der Waals surface area contributed by atoms with Gasteiger partial charge in [0.25, 0.3) is 0 Å². The SMILES string of the molecule is CCOC(=O)[C@]12CS[C@H](CS)N1[C@H](C(=O)O)CS2. The van der Waals surface area contributed by atoms with Gasteiger partial charge < -0.3 is 9.84 Å². The van der Waals surface area contributed by atoms with Crippen molar-refractivity contribution in [3.63, 3.8) is 0 Å². The molecule has 2 saturated heterocycles. The van der Waals surface area contributed by atoms with Crippen LogP contribution < -0.4 is 0 Å². The number of thiol groups is 1. The lowest BCUT2D eigenvalue weighted by atomic mass is 10.2. The van der Waals surface area contributed by atoms with Gasteiger partial charge in [0.2, 0.25) is 0 Å². The van der Waals surface area contributed by atoms with Gasteiger partial charge in [-0.25, -0.2) is 4.79 Å². The van der Waals surface area contributed by atoms with Gasteiger partial charge in [0, 0.05) is 17.3 Å². The maximum atomic E-state index is 12.2. The van der Waals surface area contributed by atoms with Crippen LogP contribution in [0.15, 0.2) is 0 Å². The number of esters is 1. The molecular formula is C10H15NO4S3. The molecule has 2 fully saturated rings. The van der Waals surface area contributed by atoms with Crippen molar-refractivity contribution < 1.29 is 19.4 Å². The number of hydrogen-bond donors (Lipinski definition) is 2. The van der Waals surface area contributed by atoms with E-state index in [0.717, 1.165) is 0 Å². The zero-order valence-corrected chi connectivity index (χ0v) is 12.4. The molecule has 2 rings (SSSR count). The van der Waals surface area contributed by atoms with E-state index in [2.05, 4.69) is 12.6 Å². The van der Waals surface area contributed by atoms with Crippen molar-refractivity contribution in [2.75, 3.05) is 23.9 Å². The Bertz CT molecular complexity index is 367. The molecule has 0 bridgehead atoms. The van der Waals surface area contributed by atoms with Gasteiger partial charge in [0.05, 0.1) is 12.0 Å². The van der Waals surface area contributed by atoms with E-state index in [1.165, 1.54) is 11.8 Å². The van der Waals surface area contributed by atoms with Crippen molar-refractivity contribution in [1.29, 1.82) is 0 Å². The fraction of sp³-hybridized carbons (Fsp3) is 0.800. The largest absolute Gasteiger partial charge is 0.480 e. The zero-order valence-electron chi connectivity index (χ0n) is 9.87. The first-order valence-electron chi connectivity index (χ1n) is 5.61. The van der Waals surface area contributed by atoms with E-state index in [0.29, 0.717) is 23.9 Å². The summed E-state index contributed by atoms with van der Waals surface area (Å²) in [4.78, 5) is 24.4. The molecule has 2 aliphatic rings. The van der Waals surface area contributed by atoms with Crippen LogP contribution in [0.2, 0.25) is 0 Å². The van der Waals surface area contributed by atoms with Crippen molar-refractivity contribution in [3.8, 4) is 0 Å². The molecule has 2 heterocycles. The Balaban J connectivity index is 2.29. The van der Waals surface area contributed by atoms with Gasteiger partial charge in [-0.1, -0.05) is 0 Å². The minimum Gasteiger partial charge on any atom is -0.480 e. The molecule has 0 unspecified atom stereocenters. The highest BCUT2D eigenvalue weighted by Crippen LogP contribution is 2.51. The first-order chi connectivity index (χ1) is 8.56. The summed E-state index contributed by atoms with van der Waals surface area (Å²) in [5.74, 6) is 0.291. The summed E-state index contributed by atoms with van der Waals surface area (Å²) in [5.41, 5.74) is 0. The van der Waals surface area contributed by atoms with Crippen molar-refractivity contribution >= 4 is 48.1 Å². The van der Waals surface area contributed by atoms with Crippen molar-refractivity contribution in [2.24, 2.45) is 0 Å². The molecule has 1 N–H and O–H groups in total. The maximum absolute atomic E-state index is 12.2. The monoisotopic (exact) mass is 309 g/mol. The summed E-state index contributed by atoms with van der Waals surface area (Å²) in [6.45, 7) is 2.06. The van der Waals surface area contributed by atoms with E-state index in [1.54, 1.807) is 23.6 Å². The fourth-order valence-corrected chi connectivity index (χ4v) is 5.95. The maximum Gasteiger partial charge on any atom is 0.338 e. The fourth-order valence-electron chi connectivity index (χ4n) is 2.26. The molecule has 0 aliphatic carbocycles. The molecule has 2 aliphatic heterocycles. The number of carboxylic acid groups (broad SMARTS) is 1. The van der Waals surface area contributed by atoms with Crippen LogP contribution in [0.3, 0.4) is 0 Å². The molecule has 102 valence electrons. The Labute approximate surface area is 119 Å². The lowest BCUT2D eigenvalue weighted by Gasteiger charge is -2.32. The second kappa shape index (κ2) is 5.52. The van der Waals surface area contributed by atoms with Gasteiger partial charge in [-0.2, -0.15) is 12.6 Å². The van der Waals surface area contributed by atoms with E-state index < -0.39 is 16.9 Å². The van der Waals surface area contributed by atoms with Crippen LogP contribution >= 0.6 is 36.2 Å². The van der Waals surface area contributed by atoms with Gasteiger partial charge in [0.1, 0.15) is 6.04 Å². The molecule has 0 aromatic heterocycles. The number of carboxylic acids is 1. The van der Waals surface area contributed by atoms with E-state index in [4.69, 9.17) is 4.74 Å². The highest BCUT2D eigenvalue weighted by atomic mass is 32.2. The van der Waals surface area contributed by atoms with Gasteiger partial charge in [-0.05, 0) is 6.92 Å². The number of fused-ring (bicyclic) bond motifs is 1. The minimum atomic E-state index is -0.886. The van der Waals surface area contributed by atoms with Crippen molar-refractivity contribution in [3.05, 3.63) is 0 Å². The number of hydrogen-bond acceptors (Lipinski definition) is 7. The smallest absolute Gasteiger partial charge is 0.338 e. The van der Waals surface area contributed by atoms with Crippen LogP contribution in [0, 0.1) is 0 Å².